The number of fused-ring (bicyclic) bond motifs is 2. The van der Waals surface area contributed by atoms with Crippen LogP contribution in [0.3, 0.4) is 0 Å². The summed E-state index contributed by atoms with van der Waals surface area (Å²) >= 11 is 1.81. The zero-order chi connectivity index (χ0) is 23.3. The molecule has 2 heterocycles. The Morgan fingerprint density at radius 2 is 1.68 bits per heavy atom. The molecule has 2 aliphatic carbocycles. The van der Waals surface area contributed by atoms with Crippen LogP contribution in [0.5, 0.6) is 0 Å². The van der Waals surface area contributed by atoms with E-state index in [1.165, 1.54) is 31.7 Å². The SMILES string of the molecule is CCc1cc(=[N+](C)C)cc2sc3cc(N4CCN(S(=O)(=O)C5CC5)CC4)cc(CC)c3nc1-2.[I-]. The highest BCUT2D eigenvalue weighted by atomic mass is 127. The molecule has 9 heteroatoms. The first-order valence-electron chi connectivity index (χ1n) is 12.0. The molecule has 0 atom stereocenters. The summed E-state index contributed by atoms with van der Waals surface area (Å²) in [5, 5.41) is 1.08. The average Bonchev–Trinajstić information content (AvgIpc) is 3.67. The number of sulfonamides is 1. The maximum atomic E-state index is 12.6. The van der Waals surface area contributed by atoms with E-state index >= 15 is 0 Å². The van der Waals surface area contributed by atoms with Crippen LogP contribution in [0.2, 0.25) is 0 Å². The molecule has 1 aromatic rings. The summed E-state index contributed by atoms with van der Waals surface area (Å²) in [7, 11) is 1.07. The fourth-order valence-corrected chi connectivity index (χ4v) is 7.66. The van der Waals surface area contributed by atoms with Crippen molar-refractivity contribution in [3.63, 3.8) is 0 Å². The molecule has 6 nitrogen and oxygen atoms in total. The molecule has 2 fully saturated rings. The largest absolute Gasteiger partial charge is 1.00 e. The van der Waals surface area contributed by atoms with Gasteiger partial charge in [0.05, 0.1) is 26.0 Å². The topological polar surface area (TPSA) is 56.5 Å². The van der Waals surface area contributed by atoms with Crippen LogP contribution in [-0.4, -0.2) is 63.2 Å². The molecule has 0 bridgehead atoms. The molecule has 1 saturated carbocycles. The first-order chi connectivity index (χ1) is 15.8. The van der Waals surface area contributed by atoms with E-state index in [1.807, 2.05) is 11.3 Å². The Morgan fingerprint density at radius 1 is 1.00 bits per heavy atom. The third-order valence-electron chi connectivity index (χ3n) is 6.91. The van der Waals surface area contributed by atoms with Crippen molar-refractivity contribution in [3.8, 4) is 10.6 Å². The second-order valence-electron chi connectivity index (χ2n) is 9.35. The molecule has 0 N–H and O–H groups in total. The number of hydrogen-bond acceptors (Lipinski definition) is 5. The summed E-state index contributed by atoms with van der Waals surface area (Å²) in [4.78, 5) is 8.71. The maximum Gasteiger partial charge on any atom is 0.217 e. The lowest BCUT2D eigenvalue weighted by Crippen LogP contribution is -3.00. The number of aryl methyl sites for hydroxylation is 2. The van der Waals surface area contributed by atoms with Crippen molar-refractivity contribution in [3.05, 3.63) is 40.7 Å². The van der Waals surface area contributed by atoms with E-state index in [4.69, 9.17) is 4.98 Å². The van der Waals surface area contributed by atoms with Gasteiger partial charge in [-0.1, -0.05) is 13.8 Å². The molecular weight excluding hydrogens is 579 g/mol. The van der Waals surface area contributed by atoms with Gasteiger partial charge >= 0.3 is 0 Å². The molecule has 0 aromatic heterocycles. The normalized spacial score (nSPS) is 17.2. The summed E-state index contributed by atoms with van der Waals surface area (Å²) in [5.41, 5.74) is 5.93. The molecule has 1 saturated heterocycles. The minimum atomic E-state index is -3.09. The summed E-state index contributed by atoms with van der Waals surface area (Å²) in [6.07, 6.45) is 3.52. The van der Waals surface area contributed by atoms with Gasteiger partial charge in [0.2, 0.25) is 15.4 Å². The number of nitrogens with zero attached hydrogens (tertiary/aromatic N) is 4. The second kappa shape index (κ2) is 9.99. The lowest BCUT2D eigenvalue weighted by atomic mass is 10.1. The lowest BCUT2D eigenvalue weighted by Gasteiger charge is -2.35. The first-order valence-corrected chi connectivity index (χ1v) is 14.3. The zero-order valence-corrected chi connectivity index (χ0v) is 24.1. The quantitative estimate of drug-likeness (QED) is 0.235. The highest BCUT2D eigenvalue weighted by molar-refractivity contribution is 7.90. The fourth-order valence-electron chi connectivity index (χ4n) is 4.70. The van der Waals surface area contributed by atoms with Crippen molar-refractivity contribution in [2.75, 3.05) is 45.2 Å². The van der Waals surface area contributed by atoms with Gasteiger partial charge in [-0.3, -0.25) is 0 Å². The number of halogens is 1. The highest BCUT2D eigenvalue weighted by Crippen LogP contribution is 2.37. The Labute approximate surface area is 223 Å². The molecule has 0 spiro atoms. The van der Waals surface area contributed by atoms with Crippen LogP contribution in [0.25, 0.3) is 20.8 Å². The third-order valence-corrected chi connectivity index (χ3v) is 10.4. The van der Waals surface area contributed by atoms with Gasteiger partial charge in [0.15, 0.2) is 0 Å². The standard InChI is InChI=1S/C25H33N4O2S2.HI/c1-5-17-13-19(27(3)4)15-22-24(17)26-25-18(6-2)14-20(16-23(25)32-22)28-9-11-29(12-10-28)33(30,31)21-7-8-21;/h13-16,21H,5-12H2,1-4H3;1H/q+1;/p-1. The number of benzene rings is 2. The van der Waals surface area contributed by atoms with E-state index in [-0.39, 0.29) is 29.2 Å². The van der Waals surface area contributed by atoms with Crippen molar-refractivity contribution in [2.45, 2.75) is 44.8 Å². The average molecular weight is 613 g/mol. The van der Waals surface area contributed by atoms with Crippen LogP contribution in [0.1, 0.15) is 37.8 Å². The molecule has 184 valence electrons. The van der Waals surface area contributed by atoms with Crippen molar-refractivity contribution < 1.29 is 32.4 Å². The van der Waals surface area contributed by atoms with Gasteiger partial charge in [-0.15, -0.1) is 11.3 Å². The van der Waals surface area contributed by atoms with Crippen LogP contribution in [0.15, 0.2) is 24.3 Å². The van der Waals surface area contributed by atoms with Crippen LogP contribution in [0, 0.1) is 0 Å². The Bertz CT molecular complexity index is 1350. The number of piperazine rings is 1. The molecule has 1 aromatic carbocycles. The number of aromatic nitrogens is 1. The molecule has 2 aliphatic heterocycles. The predicted octanol–water partition coefficient (Wildman–Crippen LogP) is 0.176. The maximum absolute atomic E-state index is 12.6. The minimum Gasteiger partial charge on any atom is -1.00 e. The summed E-state index contributed by atoms with van der Waals surface area (Å²) in [5.74, 6) is 0. The highest BCUT2D eigenvalue weighted by Gasteiger charge is 2.41. The Hall–Kier alpha value is -1.30. The van der Waals surface area contributed by atoms with Gasteiger partial charge in [0.25, 0.3) is 0 Å². The van der Waals surface area contributed by atoms with E-state index in [2.05, 4.69) is 61.7 Å². The van der Waals surface area contributed by atoms with E-state index in [0.717, 1.165) is 50.0 Å². The van der Waals surface area contributed by atoms with Gasteiger partial charge in [-0.25, -0.2) is 18.0 Å². The van der Waals surface area contributed by atoms with E-state index < -0.39 is 10.0 Å². The molecule has 4 aliphatic rings. The Morgan fingerprint density at radius 3 is 2.26 bits per heavy atom. The summed E-state index contributed by atoms with van der Waals surface area (Å²) in [6.45, 7) is 6.99. The minimum absolute atomic E-state index is 0. The van der Waals surface area contributed by atoms with Crippen molar-refractivity contribution >= 4 is 37.3 Å². The van der Waals surface area contributed by atoms with Crippen LogP contribution in [-0.2, 0) is 22.9 Å². The molecule has 0 unspecified atom stereocenters. The first kappa shape index (κ1) is 25.8. The number of anilines is 1. The van der Waals surface area contributed by atoms with Crippen LogP contribution in [0.4, 0.5) is 5.69 Å². The number of rotatable bonds is 5. The Kier molecular flexibility index (Phi) is 7.57. The summed E-state index contributed by atoms with van der Waals surface area (Å²) in [6, 6.07) is 9.01. The van der Waals surface area contributed by atoms with Gasteiger partial charge in [-0.05, 0) is 48.9 Å². The second-order valence-corrected chi connectivity index (χ2v) is 12.6. The monoisotopic (exact) mass is 612 g/mol. The van der Waals surface area contributed by atoms with E-state index in [9.17, 15) is 8.42 Å². The molecular formula is C25H33IN4O2S2. The zero-order valence-electron chi connectivity index (χ0n) is 20.3. The van der Waals surface area contributed by atoms with Crippen LogP contribution < -0.4 is 38.8 Å². The fraction of sp³-hybridized carbons (Fsp3) is 0.520. The lowest BCUT2D eigenvalue weighted by molar-refractivity contribution is -0.00000925. The molecule has 0 amide bonds. The van der Waals surface area contributed by atoms with Crippen molar-refractivity contribution in [1.82, 2.24) is 13.9 Å². The van der Waals surface area contributed by atoms with Crippen LogP contribution >= 0.6 is 11.3 Å². The van der Waals surface area contributed by atoms with Gasteiger partial charge in [0.1, 0.15) is 14.1 Å². The molecule has 5 rings (SSSR count). The Balaban J connectivity index is 0.00000274. The smallest absolute Gasteiger partial charge is 0.217 e. The van der Waals surface area contributed by atoms with Gasteiger partial charge in [-0.2, -0.15) is 4.31 Å². The molecule has 0 radical (unpaired) electrons. The molecule has 34 heavy (non-hydrogen) atoms. The van der Waals surface area contributed by atoms with Crippen molar-refractivity contribution in [2.24, 2.45) is 0 Å². The predicted molar refractivity (Wildman–Crippen MR) is 138 cm³/mol. The third kappa shape index (κ3) is 4.73. The number of hydrogen-bond donors (Lipinski definition) is 0. The van der Waals surface area contributed by atoms with E-state index in [0.29, 0.717) is 13.1 Å². The summed E-state index contributed by atoms with van der Waals surface area (Å²) < 4.78 is 30.3. The van der Waals surface area contributed by atoms with Crippen molar-refractivity contribution in [1.29, 1.82) is 0 Å². The van der Waals surface area contributed by atoms with Gasteiger partial charge < -0.3 is 28.9 Å². The van der Waals surface area contributed by atoms with Gasteiger partial charge in [0, 0.05) is 44.0 Å². The van der Waals surface area contributed by atoms with E-state index in [1.54, 1.807) is 4.31 Å².